The molecule has 1 heterocycles. The highest BCUT2D eigenvalue weighted by Crippen LogP contribution is 2.33. The summed E-state index contributed by atoms with van der Waals surface area (Å²) in [7, 11) is -3.50. The van der Waals surface area contributed by atoms with Crippen LogP contribution in [-0.2, 0) is 16.6 Å². The largest absolute Gasteiger partial charge is 0.311 e. The lowest BCUT2D eigenvalue weighted by Gasteiger charge is -2.14. The number of aryl methyl sites for hydroxylation is 1. The van der Waals surface area contributed by atoms with Crippen LogP contribution in [0.2, 0.25) is 0 Å². The molecule has 2 rings (SSSR count). The first-order chi connectivity index (χ1) is 8.95. The van der Waals surface area contributed by atoms with Gasteiger partial charge in [0.1, 0.15) is 4.90 Å². The van der Waals surface area contributed by atoms with E-state index in [1.54, 1.807) is 6.92 Å². The minimum Gasteiger partial charge on any atom is -0.311 e. The van der Waals surface area contributed by atoms with Gasteiger partial charge >= 0.3 is 0 Å². The maximum atomic E-state index is 12.4. The van der Waals surface area contributed by atoms with E-state index in [0.29, 0.717) is 28.7 Å². The standard InChI is InChI=1S/C12H22N4O2S/c1-4-13-7-11-12(9(3)14-15-11)19(17,18)16-8(2)10-5-6-10/h8,10,13,16H,4-7H2,1-3H3,(H,14,15). The molecule has 7 heteroatoms. The Hall–Kier alpha value is -0.920. The van der Waals surface area contributed by atoms with Crippen LogP contribution in [-0.4, -0.2) is 31.2 Å². The third-order valence-electron chi connectivity index (χ3n) is 3.44. The molecule has 1 aromatic rings. The molecule has 1 unspecified atom stereocenters. The van der Waals surface area contributed by atoms with Gasteiger partial charge in [-0.1, -0.05) is 6.92 Å². The van der Waals surface area contributed by atoms with Gasteiger partial charge in [0.15, 0.2) is 0 Å². The average Bonchev–Trinajstić information content (AvgIpc) is 3.10. The Morgan fingerprint density at radius 2 is 2.16 bits per heavy atom. The number of aromatic nitrogens is 2. The number of H-pyrrole nitrogens is 1. The normalized spacial score (nSPS) is 17.6. The van der Waals surface area contributed by atoms with Crippen molar-refractivity contribution in [3.05, 3.63) is 11.4 Å². The first-order valence-corrected chi connectivity index (χ1v) is 8.21. The molecule has 0 spiro atoms. The first-order valence-electron chi connectivity index (χ1n) is 6.72. The van der Waals surface area contributed by atoms with Crippen LogP contribution in [0.3, 0.4) is 0 Å². The van der Waals surface area contributed by atoms with Crippen molar-refractivity contribution in [3.63, 3.8) is 0 Å². The van der Waals surface area contributed by atoms with Crippen LogP contribution in [0.1, 0.15) is 38.1 Å². The molecule has 1 atom stereocenters. The summed E-state index contributed by atoms with van der Waals surface area (Å²) in [5.41, 5.74) is 1.14. The summed E-state index contributed by atoms with van der Waals surface area (Å²) >= 11 is 0. The van der Waals surface area contributed by atoms with Crippen molar-refractivity contribution in [2.24, 2.45) is 5.92 Å². The Morgan fingerprint density at radius 3 is 2.74 bits per heavy atom. The predicted octanol–water partition coefficient (Wildman–Crippen LogP) is 0.904. The topological polar surface area (TPSA) is 86.9 Å². The van der Waals surface area contributed by atoms with Crippen LogP contribution in [0, 0.1) is 12.8 Å². The number of hydrogen-bond acceptors (Lipinski definition) is 4. The van der Waals surface area contributed by atoms with Crippen molar-refractivity contribution in [3.8, 4) is 0 Å². The molecule has 0 bridgehead atoms. The van der Waals surface area contributed by atoms with Gasteiger partial charge in [0.05, 0.1) is 11.4 Å². The average molecular weight is 286 g/mol. The molecule has 1 aliphatic rings. The lowest BCUT2D eigenvalue weighted by molar-refractivity contribution is 0.536. The predicted molar refractivity (Wildman–Crippen MR) is 73.2 cm³/mol. The fourth-order valence-corrected chi connectivity index (χ4v) is 3.86. The lowest BCUT2D eigenvalue weighted by atomic mass is 10.2. The molecule has 1 aromatic heterocycles. The second kappa shape index (κ2) is 5.60. The summed E-state index contributed by atoms with van der Waals surface area (Å²) in [6, 6.07) is -0.00807. The second-order valence-corrected chi connectivity index (χ2v) is 6.80. The van der Waals surface area contributed by atoms with Crippen molar-refractivity contribution < 1.29 is 8.42 Å². The summed E-state index contributed by atoms with van der Waals surface area (Å²) in [6.45, 7) is 6.86. The van der Waals surface area contributed by atoms with E-state index in [-0.39, 0.29) is 6.04 Å². The lowest BCUT2D eigenvalue weighted by Crippen LogP contribution is -2.35. The Labute approximate surface area is 114 Å². The third kappa shape index (κ3) is 3.34. The van der Waals surface area contributed by atoms with Crippen LogP contribution < -0.4 is 10.0 Å². The van der Waals surface area contributed by atoms with Gasteiger partial charge in [0, 0.05) is 12.6 Å². The molecule has 1 fully saturated rings. The molecule has 1 aliphatic carbocycles. The maximum Gasteiger partial charge on any atom is 0.244 e. The molecule has 19 heavy (non-hydrogen) atoms. The Kier molecular flexibility index (Phi) is 4.27. The summed E-state index contributed by atoms with van der Waals surface area (Å²) < 4.78 is 27.6. The molecular formula is C12H22N4O2S. The molecule has 0 radical (unpaired) electrons. The zero-order chi connectivity index (χ0) is 14.0. The quantitative estimate of drug-likeness (QED) is 0.695. The van der Waals surface area contributed by atoms with E-state index in [9.17, 15) is 8.42 Å². The van der Waals surface area contributed by atoms with E-state index >= 15 is 0 Å². The maximum absolute atomic E-state index is 12.4. The molecule has 0 aliphatic heterocycles. The fourth-order valence-electron chi connectivity index (χ4n) is 2.19. The highest BCUT2D eigenvalue weighted by Gasteiger charge is 2.33. The Morgan fingerprint density at radius 1 is 1.47 bits per heavy atom. The highest BCUT2D eigenvalue weighted by molar-refractivity contribution is 7.89. The number of rotatable bonds is 7. The van der Waals surface area contributed by atoms with Gasteiger partial charge in [-0.15, -0.1) is 0 Å². The molecule has 0 aromatic carbocycles. The summed E-state index contributed by atoms with van der Waals surface area (Å²) in [5, 5.41) is 9.95. The van der Waals surface area contributed by atoms with Gasteiger partial charge in [-0.3, -0.25) is 5.10 Å². The molecule has 1 saturated carbocycles. The van der Waals surface area contributed by atoms with E-state index in [4.69, 9.17) is 0 Å². The van der Waals surface area contributed by atoms with Crippen LogP contribution >= 0.6 is 0 Å². The smallest absolute Gasteiger partial charge is 0.244 e. The SMILES string of the molecule is CCNCc1n[nH]c(C)c1S(=O)(=O)NC(C)C1CC1. The van der Waals surface area contributed by atoms with Crippen molar-refractivity contribution in [1.29, 1.82) is 0 Å². The minimum atomic E-state index is -3.50. The molecule has 0 amide bonds. The fraction of sp³-hybridized carbons (Fsp3) is 0.750. The Balaban J connectivity index is 2.20. The van der Waals surface area contributed by atoms with Crippen LogP contribution in [0.15, 0.2) is 4.90 Å². The van der Waals surface area contributed by atoms with Crippen molar-refractivity contribution in [2.45, 2.75) is 51.1 Å². The van der Waals surface area contributed by atoms with E-state index < -0.39 is 10.0 Å². The molecule has 0 saturated heterocycles. The second-order valence-electron chi connectivity index (χ2n) is 5.15. The molecule has 108 valence electrons. The van der Waals surface area contributed by atoms with E-state index in [2.05, 4.69) is 20.2 Å². The molecular weight excluding hydrogens is 264 g/mol. The van der Waals surface area contributed by atoms with Crippen LogP contribution in [0.5, 0.6) is 0 Å². The van der Waals surface area contributed by atoms with Crippen molar-refractivity contribution in [2.75, 3.05) is 6.54 Å². The van der Waals surface area contributed by atoms with Gasteiger partial charge in [-0.2, -0.15) is 5.10 Å². The van der Waals surface area contributed by atoms with Gasteiger partial charge in [-0.05, 0) is 39.2 Å². The summed E-state index contributed by atoms with van der Waals surface area (Å²) in [5.74, 6) is 0.485. The number of hydrogen-bond donors (Lipinski definition) is 3. The number of nitrogens with one attached hydrogen (secondary N) is 3. The number of sulfonamides is 1. The monoisotopic (exact) mass is 286 g/mol. The van der Waals surface area contributed by atoms with E-state index in [1.807, 2.05) is 13.8 Å². The zero-order valence-electron chi connectivity index (χ0n) is 11.7. The zero-order valence-corrected chi connectivity index (χ0v) is 12.5. The van der Waals surface area contributed by atoms with Gasteiger partial charge in [0.2, 0.25) is 10.0 Å². The number of nitrogens with zero attached hydrogens (tertiary/aromatic N) is 1. The van der Waals surface area contributed by atoms with Crippen LogP contribution in [0.4, 0.5) is 0 Å². The minimum absolute atomic E-state index is 0.00807. The molecule has 6 nitrogen and oxygen atoms in total. The van der Waals surface area contributed by atoms with Gasteiger partial charge < -0.3 is 5.32 Å². The van der Waals surface area contributed by atoms with Crippen molar-refractivity contribution >= 4 is 10.0 Å². The Bertz CT molecular complexity index is 534. The number of aromatic amines is 1. The van der Waals surface area contributed by atoms with Crippen molar-refractivity contribution in [1.82, 2.24) is 20.2 Å². The van der Waals surface area contributed by atoms with Crippen LogP contribution in [0.25, 0.3) is 0 Å². The van der Waals surface area contributed by atoms with E-state index in [0.717, 1.165) is 19.4 Å². The third-order valence-corrected chi connectivity index (χ3v) is 5.20. The molecule has 3 N–H and O–H groups in total. The summed E-state index contributed by atoms with van der Waals surface area (Å²) in [4.78, 5) is 0.293. The van der Waals surface area contributed by atoms with Gasteiger partial charge in [0.25, 0.3) is 0 Å². The van der Waals surface area contributed by atoms with Gasteiger partial charge in [-0.25, -0.2) is 13.1 Å². The highest BCUT2D eigenvalue weighted by atomic mass is 32.2. The summed E-state index contributed by atoms with van der Waals surface area (Å²) in [6.07, 6.45) is 2.22. The first kappa shape index (κ1) is 14.5. The van der Waals surface area contributed by atoms with E-state index in [1.165, 1.54) is 0 Å².